The third-order valence-electron chi connectivity index (χ3n) is 5.12. The van der Waals surface area contributed by atoms with Gasteiger partial charge in [-0.3, -0.25) is 0 Å². The zero-order chi connectivity index (χ0) is 23.3. The molecule has 0 radical (unpaired) electrons. The average Bonchev–Trinajstić information content (AvgIpc) is 2.56. The third kappa shape index (κ3) is 19.1. The second-order valence-corrected chi connectivity index (χ2v) is 11.6. The van der Waals surface area contributed by atoms with E-state index in [1.54, 1.807) is 11.9 Å². The first-order valence-corrected chi connectivity index (χ1v) is 13.0. The zero-order valence-electron chi connectivity index (χ0n) is 20.2. The normalized spacial score (nSPS) is 12.8. The molecule has 7 nitrogen and oxygen atoms in total. The number of rotatable bonds is 16. The number of ether oxygens (including phenoxy) is 1. The molecule has 30 heavy (non-hydrogen) atoms. The van der Waals surface area contributed by atoms with Crippen LogP contribution in [0.2, 0.25) is 0 Å². The van der Waals surface area contributed by atoms with E-state index in [9.17, 15) is 17.8 Å². The molecule has 0 aliphatic heterocycles. The van der Waals surface area contributed by atoms with E-state index < -0.39 is 15.7 Å². The second-order valence-electron chi connectivity index (χ2n) is 10.1. The minimum Gasteiger partial charge on any atom is -0.748 e. The van der Waals surface area contributed by atoms with Crippen LogP contribution >= 0.6 is 0 Å². The molecule has 0 aromatic heterocycles. The molecule has 0 N–H and O–H groups in total. The molecule has 0 aromatic carbocycles. The van der Waals surface area contributed by atoms with Crippen LogP contribution in [0, 0.1) is 0 Å². The molecule has 0 fully saturated rings. The van der Waals surface area contributed by atoms with E-state index in [0.29, 0.717) is 6.42 Å². The van der Waals surface area contributed by atoms with Gasteiger partial charge >= 0.3 is 6.09 Å². The van der Waals surface area contributed by atoms with Crippen LogP contribution in [0.3, 0.4) is 0 Å². The quantitative estimate of drug-likeness (QED) is 0.198. The van der Waals surface area contributed by atoms with E-state index in [1.165, 1.54) is 38.5 Å². The molecule has 0 aliphatic rings. The summed E-state index contributed by atoms with van der Waals surface area (Å²) < 4.78 is 38.2. The van der Waals surface area contributed by atoms with Gasteiger partial charge in [-0.15, -0.1) is 0 Å². The number of carbonyl (C=O) groups excluding carboxylic acids is 1. The van der Waals surface area contributed by atoms with Crippen LogP contribution in [0.25, 0.3) is 0 Å². The third-order valence-corrected chi connectivity index (χ3v) is 5.91. The van der Waals surface area contributed by atoms with Gasteiger partial charge in [0.05, 0.1) is 37.3 Å². The lowest BCUT2D eigenvalue weighted by atomic mass is 10.1. The molecule has 0 heterocycles. The van der Waals surface area contributed by atoms with Gasteiger partial charge in [0.25, 0.3) is 0 Å². The van der Waals surface area contributed by atoms with Gasteiger partial charge in [0.1, 0.15) is 5.60 Å². The van der Waals surface area contributed by atoms with Crippen molar-refractivity contribution in [3.05, 3.63) is 0 Å². The Hall–Kier alpha value is -0.860. The topological polar surface area (TPSA) is 86.7 Å². The molecule has 0 spiro atoms. The maximum Gasteiger partial charge on any atom is 0.410 e. The predicted octanol–water partition coefficient (Wildman–Crippen LogP) is 4.38. The Morgan fingerprint density at radius 1 is 0.867 bits per heavy atom. The number of hydrogen-bond donors (Lipinski definition) is 0. The fraction of sp³-hybridized carbons (Fsp3) is 0.955. The summed E-state index contributed by atoms with van der Waals surface area (Å²) in [5.41, 5.74) is -0.444. The number of hydrogen-bond acceptors (Lipinski definition) is 5. The highest BCUT2D eigenvalue weighted by atomic mass is 32.2. The summed E-state index contributed by atoms with van der Waals surface area (Å²) >= 11 is 0. The Bertz CT molecular complexity index is 571. The van der Waals surface area contributed by atoms with Crippen LogP contribution in [0.4, 0.5) is 4.79 Å². The van der Waals surface area contributed by atoms with E-state index in [2.05, 4.69) is 14.1 Å². The van der Waals surface area contributed by atoms with Gasteiger partial charge in [0.2, 0.25) is 0 Å². The highest BCUT2D eigenvalue weighted by Crippen LogP contribution is 2.13. The van der Waals surface area contributed by atoms with Crippen molar-refractivity contribution in [1.82, 2.24) is 4.90 Å². The first-order chi connectivity index (χ1) is 13.7. The van der Waals surface area contributed by atoms with Crippen molar-refractivity contribution in [2.75, 3.05) is 46.5 Å². The number of amides is 1. The van der Waals surface area contributed by atoms with Crippen LogP contribution in [0.1, 0.15) is 85.0 Å². The molecule has 0 aliphatic carbocycles. The first kappa shape index (κ1) is 29.1. The van der Waals surface area contributed by atoms with E-state index in [-0.39, 0.29) is 11.8 Å². The van der Waals surface area contributed by atoms with Gasteiger partial charge in [-0.25, -0.2) is 13.2 Å². The molecular weight excluding hydrogens is 404 g/mol. The van der Waals surface area contributed by atoms with Crippen molar-refractivity contribution >= 4 is 16.2 Å². The summed E-state index contributed by atoms with van der Waals surface area (Å²) in [5, 5.41) is 0. The van der Waals surface area contributed by atoms with Crippen molar-refractivity contribution < 1.29 is 27.0 Å². The van der Waals surface area contributed by atoms with Gasteiger partial charge < -0.3 is 18.7 Å². The van der Waals surface area contributed by atoms with Gasteiger partial charge in [-0.2, -0.15) is 0 Å². The minimum absolute atomic E-state index is 0.250. The molecule has 0 atom stereocenters. The number of carbonyl (C=O) groups is 1. The molecule has 0 saturated carbocycles. The highest BCUT2D eigenvalue weighted by molar-refractivity contribution is 7.85. The molecular formula is C22H46N2O5S. The fourth-order valence-electron chi connectivity index (χ4n) is 3.34. The van der Waals surface area contributed by atoms with Crippen LogP contribution in [0.5, 0.6) is 0 Å². The van der Waals surface area contributed by atoms with Gasteiger partial charge in [0.15, 0.2) is 0 Å². The standard InChI is InChI=1S/C22H46N2O5S/c1-22(2,3)29-21(25)23(4)17-14-12-10-8-7-9-11-13-15-18-24(5,6)19-16-20-30(26,27)28/h7-20H2,1-6H3. The largest absolute Gasteiger partial charge is 0.748 e. The Morgan fingerprint density at radius 2 is 1.30 bits per heavy atom. The summed E-state index contributed by atoms with van der Waals surface area (Å²) in [6, 6.07) is 0. The monoisotopic (exact) mass is 450 g/mol. The van der Waals surface area contributed by atoms with Crippen LogP contribution < -0.4 is 0 Å². The predicted molar refractivity (Wildman–Crippen MR) is 121 cm³/mol. The lowest BCUT2D eigenvalue weighted by molar-refractivity contribution is -0.890. The molecule has 0 bridgehead atoms. The highest BCUT2D eigenvalue weighted by Gasteiger charge is 2.19. The minimum atomic E-state index is -4.09. The second kappa shape index (κ2) is 14.2. The Labute approximate surface area is 185 Å². The number of quaternary nitrogens is 1. The van der Waals surface area contributed by atoms with Crippen LogP contribution in [-0.4, -0.2) is 80.6 Å². The zero-order valence-corrected chi connectivity index (χ0v) is 21.1. The summed E-state index contributed by atoms with van der Waals surface area (Å²) in [4.78, 5) is 13.5. The molecule has 0 unspecified atom stereocenters. The summed E-state index contributed by atoms with van der Waals surface area (Å²) in [7, 11) is 1.89. The number of unbranched alkanes of at least 4 members (excludes halogenated alkanes) is 8. The van der Waals surface area contributed by atoms with E-state index >= 15 is 0 Å². The Morgan fingerprint density at radius 3 is 1.77 bits per heavy atom. The van der Waals surface area contributed by atoms with Crippen LogP contribution in [0.15, 0.2) is 0 Å². The Balaban J connectivity index is 3.57. The average molecular weight is 451 g/mol. The molecule has 0 saturated heterocycles. The van der Waals surface area contributed by atoms with Crippen molar-refractivity contribution in [2.45, 2.75) is 90.6 Å². The molecule has 1 amide bonds. The summed E-state index contributed by atoms with van der Waals surface area (Å²) in [5.74, 6) is -0.258. The van der Waals surface area contributed by atoms with Gasteiger partial charge in [-0.1, -0.05) is 38.5 Å². The van der Waals surface area contributed by atoms with Crippen molar-refractivity contribution in [2.24, 2.45) is 0 Å². The Kier molecular flexibility index (Phi) is 13.8. The molecule has 8 heteroatoms. The van der Waals surface area contributed by atoms with Crippen molar-refractivity contribution in [3.63, 3.8) is 0 Å². The van der Waals surface area contributed by atoms with E-state index in [0.717, 1.165) is 43.4 Å². The van der Waals surface area contributed by atoms with E-state index in [4.69, 9.17) is 4.74 Å². The first-order valence-electron chi connectivity index (χ1n) is 11.4. The molecule has 0 aromatic rings. The van der Waals surface area contributed by atoms with E-state index in [1.807, 2.05) is 20.8 Å². The van der Waals surface area contributed by atoms with Crippen molar-refractivity contribution in [1.29, 1.82) is 0 Å². The maximum absolute atomic E-state index is 11.9. The molecule has 0 rings (SSSR count). The van der Waals surface area contributed by atoms with Crippen LogP contribution in [-0.2, 0) is 14.9 Å². The molecule has 180 valence electrons. The maximum atomic E-state index is 11.9. The number of nitrogens with zero attached hydrogens (tertiary/aromatic N) is 2. The smallest absolute Gasteiger partial charge is 0.410 e. The lowest BCUT2D eigenvalue weighted by Gasteiger charge is -2.30. The summed E-state index contributed by atoms with van der Waals surface area (Å²) in [6.45, 7) is 8.12. The summed E-state index contributed by atoms with van der Waals surface area (Å²) in [6.07, 6.45) is 10.8. The van der Waals surface area contributed by atoms with Gasteiger partial charge in [0, 0.05) is 25.8 Å². The fourth-order valence-corrected chi connectivity index (χ4v) is 3.82. The SMILES string of the molecule is CN(CCCCCCCCCCC[N+](C)(C)CCCS(=O)(=O)[O-])C(=O)OC(C)(C)C. The van der Waals surface area contributed by atoms with Gasteiger partial charge in [-0.05, 0) is 40.0 Å². The lowest BCUT2D eigenvalue weighted by Crippen LogP contribution is -2.41. The van der Waals surface area contributed by atoms with Crippen molar-refractivity contribution in [3.8, 4) is 0 Å².